The molecule has 0 radical (unpaired) electrons. The number of para-hydroxylation sites is 3. The van der Waals surface area contributed by atoms with Crippen molar-refractivity contribution >= 4 is 39.0 Å². The molecule has 10 rings (SSSR count). The van der Waals surface area contributed by atoms with Gasteiger partial charge >= 0.3 is 0 Å². The second-order valence-electron chi connectivity index (χ2n) is 20.3. The van der Waals surface area contributed by atoms with Crippen molar-refractivity contribution in [3.05, 3.63) is 172 Å². The monoisotopic (exact) mass is 769 g/mol. The number of rotatable bonds is 4. The Morgan fingerprint density at radius 1 is 0.441 bits per heavy atom. The van der Waals surface area contributed by atoms with Crippen molar-refractivity contribution in [2.75, 3.05) is 4.90 Å². The molecule has 2 nitrogen and oxygen atoms in total. The molecular weight excluding hydrogens is 715 g/mol. The Kier molecular flexibility index (Phi) is 7.97. The van der Waals surface area contributed by atoms with Crippen LogP contribution in [0.1, 0.15) is 108 Å². The van der Waals surface area contributed by atoms with E-state index in [0.29, 0.717) is 0 Å². The fourth-order valence-electron chi connectivity index (χ4n) is 10.4. The SMILES string of the molecule is Cc1cccc(-c2cccc3c2oc2c(C(C)(C)C)cccc23)c1N(c1ccc2c(c1)C(C)(C)c1ccccc1-2)c1ccc2c(c1)C(C)(C)c1cc(C(C)(C)C)ccc1-2. The normalized spacial score (nSPS) is 15.0. The third kappa shape index (κ3) is 5.52. The van der Waals surface area contributed by atoms with Crippen LogP contribution in [0.2, 0.25) is 0 Å². The van der Waals surface area contributed by atoms with Gasteiger partial charge in [-0.15, -0.1) is 0 Å². The summed E-state index contributed by atoms with van der Waals surface area (Å²) in [5.41, 5.74) is 21.9. The van der Waals surface area contributed by atoms with Crippen LogP contribution in [0.5, 0.6) is 0 Å². The summed E-state index contributed by atoms with van der Waals surface area (Å²) in [6.45, 7) is 25.5. The van der Waals surface area contributed by atoms with Crippen LogP contribution in [-0.2, 0) is 21.7 Å². The van der Waals surface area contributed by atoms with Gasteiger partial charge in [-0.1, -0.05) is 178 Å². The predicted molar refractivity (Wildman–Crippen MR) is 251 cm³/mol. The number of anilines is 3. The molecular formula is C57H55NO. The largest absolute Gasteiger partial charge is 0.455 e. The van der Waals surface area contributed by atoms with Crippen molar-refractivity contribution in [3.8, 4) is 33.4 Å². The number of hydrogen-bond acceptors (Lipinski definition) is 2. The van der Waals surface area contributed by atoms with Gasteiger partial charge in [0.15, 0.2) is 0 Å². The second kappa shape index (κ2) is 12.6. The van der Waals surface area contributed by atoms with Gasteiger partial charge in [0, 0.05) is 49.7 Å². The summed E-state index contributed by atoms with van der Waals surface area (Å²) in [4.78, 5) is 2.53. The summed E-state index contributed by atoms with van der Waals surface area (Å²) in [5.74, 6) is 0. The molecule has 59 heavy (non-hydrogen) atoms. The van der Waals surface area contributed by atoms with E-state index in [4.69, 9.17) is 4.42 Å². The maximum Gasteiger partial charge on any atom is 0.143 e. The van der Waals surface area contributed by atoms with Crippen molar-refractivity contribution in [2.24, 2.45) is 0 Å². The zero-order valence-corrected chi connectivity index (χ0v) is 36.6. The van der Waals surface area contributed by atoms with Crippen LogP contribution in [0, 0.1) is 6.92 Å². The first kappa shape index (κ1) is 37.4. The smallest absolute Gasteiger partial charge is 0.143 e. The van der Waals surface area contributed by atoms with Gasteiger partial charge in [-0.25, -0.2) is 0 Å². The summed E-state index contributed by atoms with van der Waals surface area (Å²) in [6.07, 6.45) is 0. The maximum absolute atomic E-state index is 7.04. The molecule has 0 atom stereocenters. The molecule has 0 amide bonds. The summed E-state index contributed by atoms with van der Waals surface area (Å²) < 4.78 is 7.04. The Balaban J connectivity index is 1.23. The topological polar surface area (TPSA) is 16.4 Å². The highest BCUT2D eigenvalue weighted by Gasteiger charge is 2.39. The molecule has 1 aromatic heterocycles. The molecule has 0 spiro atoms. The van der Waals surface area contributed by atoms with Gasteiger partial charge in [0.05, 0.1) is 5.69 Å². The number of fused-ring (bicyclic) bond motifs is 9. The third-order valence-corrected chi connectivity index (χ3v) is 13.7. The van der Waals surface area contributed by atoms with E-state index in [9.17, 15) is 0 Å². The molecule has 294 valence electrons. The first-order valence-electron chi connectivity index (χ1n) is 21.4. The van der Waals surface area contributed by atoms with Crippen molar-refractivity contribution in [3.63, 3.8) is 0 Å². The lowest BCUT2D eigenvalue weighted by Gasteiger charge is -2.32. The molecule has 1 heterocycles. The molecule has 2 aliphatic carbocycles. The molecule has 8 aromatic rings. The average molecular weight is 770 g/mol. The Morgan fingerprint density at radius 2 is 0.949 bits per heavy atom. The molecule has 0 saturated carbocycles. The first-order valence-corrected chi connectivity index (χ1v) is 21.4. The lowest BCUT2D eigenvalue weighted by atomic mass is 9.79. The summed E-state index contributed by atoms with van der Waals surface area (Å²) in [7, 11) is 0. The molecule has 0 aliphatic heterocycles. The number of hydrogen-bond donors (Lipinski definition) is 0. The van der Waals surface area contributed by atoms with E-state index in [1.165, 1.54) is 61.2 Å². The van der Waals surface area contributed by atoms with E-state index < -0.39 is 0 Å². The first-order chi connectivity index (χ1) is 28.0. The molecule has 2 heteroatoms. The highest BCUT2D eigenvalue weighted by molar-refractivity contribution is 6.12. The molecule has 0 saturated heterocycles. The summed E-state index contributed by atoms with van der Waals surface area (Å²) in [5, 5.41) is 2.31. The van der Waals surface area contributed by atoms with Crippen LogP contribution in [-0.4, -0.2) is 0 Å². The zero-order valence-electron chi connectivity index (χ0n) is 36.6. The highest BCUT2D eigenvalue weighted by atomic mass is 16.3. The fraction of sp³-hybridized carbons (Fsp3) is 0.263. The predicted octanol–water partition coefficient (Wildman–Crippen LogP) is 16.2. The van der Waals surface area contributed by atoms with Crippen molar-refractivity contribution in [2.45, 2.75) is 97.8 Å². The van der Waals surface area contributed by atoms with Gasteiger partial charge in [0.25, 0.3) is 0 Å². The van der Waals surface area contributed by atoms with Gasteiger partial charge in [-0.3, -0.25) is 0 Å². The van der Waals surface area contributed by atoms with Crippen LogP contribution in [0.4, 0.5) is 17.1 Å². The van der Waals surface area contributed by atoms with E-state index in [1.54, 1.807) is 0 Å². The zero-order chi connectivity index (χ0) is 41.4. The van der Waals surface area contributed by atoms with Crippen molar-refractivity contribution in [1.29, 1.82) is 0 Å². The lowest BCUT2D eigenvalue weighted by Crippen LogP contribution is -2.19. The molecule has 2 aliphatic rings. The second-order valence-corrected chi connectivity index (χ2v) is 20.3. The number of benzene rings is 7. The van der Waals surface area contributed by atoms with Crippen LogP contribution in [0.15, 0.2) is 138 Å². The van der Waals surface area contributed by atoms with Gasteiger partial charge in [-0.05, 0) is 97.7 Å². The number of nitrogens with zero attached hydrogens (tertiary/aromatic N) is 1. The van der Waals surface area contributed by atoms with E-state index in [1.807, 2.05) is 0 Å². The lowest BCUT2D eigenvalue weighted by molar-refractivity contribution is 0.573. The van der Waals surface area contributed by atoms with Gasteiger partial charge in [-0.2, -0.15) is 0 Å². The minimum Gasteiger partial charge on any atom is -0.455 e. The Morgan fingerprint density at radius 3 is 1.59 bits per heavy atom. The Labute approximate surface area is 350 Å². The average Bonchev–Trinajstić information content (AvgIpc) is 3.77. The number of furan rings is 1. The van der Waals surface area contributed by atoms with Gasteiger partial charge in [0.2, 0.25) is 0 Å². The van der Waals surface area contributed by atoms with Crippen LogP contribution < -0.4 is 4.90 Å². The van der Waals surface area contributed by atoms with Crippen molar-refractivity contribution < 1.29 is 4.42 Å². The van der Waals surface area contributed by atoms with Crippen molar-refractivity contribution in [1.82, 2.24) is 0 Å². The summed E-state index contributed by atoms with van der Waals surface area (Å²) >= 11 is 0. The van der Waals surface area contributed by atoms with E-state index in [-0.39, 0.29) is 21.7 Å². The minimum atomic E-state index is -0.172. The molecule has 0 fully saturated rings. The third-order valence-electron chi connectivity index (χ3n) is 13.7. The molecule has 0 bridgehead atoms. The van der Waals surface area contributed by atoms with Crippen LogP contribution in [0.25, 0.3) is 55.3 Å². The maximum atomic E-state index is 7.04. The van der Waals surface area contributed by atoms with Crippen LogP contribution >= 0.6 is 0 Å². The Hall–Kier alpha value is -5.86. The fourth-order valence-corrected chi connectivity index (χ4v) is 10.4. The van der Waals surface area contributed by atoms with E-state index in [2.05, 4.69) is 215 Å². The quantitative estimate of drug-likeness (QED) is 0.177. The number of aryl methyl sites for hydroxylation is 1. The summed E-state index contributed by atoms with van der Waals surface area (Å²) in [6, 6.07) is 50.5. The van der Waals surface area contributed by atoms with Crippen LogP contribution in [0.3, 0.4) is 0 Å². The molecule has 0 unspecified atom stereocenters. The van der Waals surface area contributed by atoms with E-state index >= 15 is 0 Å². The molecule has 0 N–H and O–H groups in total. The molecule has 7 aromatic carbocycles. The van der Waals surface area contributed by atoms with Gasteiger partial charge < -0.3 is 9.32 Å². The van der Waals surface area contributed by atoms with E-state index in [0.717, 1.165) is 50.1 Å². The Bertz CT molecular complexity index is 3030. The highest BCUT2D eigenvalue weighted by Crippen LogP contribution is 2.55. The minimum absolute atomic E-state index is 0.0604. The van der Waals surface area contributed by atoms with Gasteiger partial charge in [0.1, 0.15) is 11.2 Å². The standard InChI is InChI=1S/C57H55NO/c1-34-17-14-19-42(43-20-15-21-44-45-22-16-24-47(55(5,6)7)53(45)59-52(43)44)51(34)58(36-26-29-40-38-18-12-13-23-46(38)56(8,9)49(40)32-36)37-27-30-41-39-28-25-35(54(2,3)4)31-48(39)57(10,11)50(41)33-37/h12-33H,1-11H3.